The maximum Gasteiger partial charge on any atom is 0.122 e. The molecule has 4 nitrogen and oxygen atoms in total. The van der Waals surface area contributed by atoms with Gasteiger partial charge in [-0.15, -0.1) is 0 Å². The number of phenolic OH excluding ortho intramolecular Hbond substituents is 2. The number of aryl methyl sites for hydroxylation is 4. The molecule has 0 aliphatic heterocycles. The highest BCUT2D eigenvalue weighted by molar-refractivity contribution is 5.44. The third kappa shape index (κ3) is 5.98. The fraction of sp³-hybridized carbons (Fsp3) is 0.478. The van der Waals surface area contributed by atoms with Gasteiger partial charge in [-0.05, 0) is 65.9 Å². The molecule has 0 heterocycles. The van der Waals surface area contributed by atoms with Crippen LogP contribution < -0.4 is 0 Å². The van der Waals surface area contributed by atoms with Gasteiger partial charge >= 0.3 is 0 Å². The zero-order chi connectivity index (χ0) is 20.1. The smallest absolute Gasteiger partial charge is 0.122 e. The van der Waals surface area contributed by atoms with Gasteiger partial charge in [0.1, 0.15) is 11.5 Å². The molecule has 0 atom stereocenters. The monoisotopic (exact) mass is 370 g/mol. The van der Waals surface area contributed by atoms with E-state index >= 15 is 0 Å². The molecule has 0 saturated carbocycles. The maximum absolute atomic E-state index is 10.5. The van der Waals surface area contributed by atoms with Gasteiger partial charge in [0.25, 0.3) is 0 Å². The molecule has 0 spiro atoms. The van der Waals surface area contributed by atoms with E-state index in [9.17, 15) is 10.2 Å². The molecular weight excluding hydrogens is 336 g/mol. The Morgan fingerprint density at radius 2 is 1.15 bits per heavy atom. The Kier molecular flexibility index (Phi) is 7.28. The molecule has 0 unspecified atom stereocenters. The molecule has 2 aromatic carbocycles. The van der Waals surface area contributed by atoms with E-state index in [1.165, 1.54) is 0 Å². The zero-order valence-corrected chi connectivity index (χ0v) is 17.6. The highest BCUT2D eigenvalue weighted by Gasteiger charge is 2.15. The molecule has 0 aliphatic rings. The van der Waals surface area contributed by atoms with Crippen molar-refractivity contribution < 1.29 is 10.2 Å². The number of aromatic hydroxyl groups is 2. The van der Waals surface area contributed by atoms with Crippen molar-refractivity contribution in [1.29, 1.82) is 0 Å². The van der Waals surface area contributed by atoms with Crippen LogP contribution in [0.1, 0.15) is 39.8 Å². The summed E-state index contributed by atoms with van der Waals surface area (Å²) in [5.74, 6) is 0.755. The normalized spacial score (nSPS) is 11.6. The minimum Gasteiger partial charge on any atom is -0.507 e. The molecule has 0 bridgehead atoms. The van der Waals surface area contributed by atoms with E-state index in [0.717, 1.165) is 52.9 Å². The summed E-state index contributed by atoms with van der Waals surface area (Å²) in [4.78, 5) is 4.49. The standard InChI is InChI=1S/C23H34N2O2/c1-16-10-18(3)22(26)20(12-16)14-25(9-7-8-24(5)6)15-21-13-17(2)11-19(4)23(21)27/h10-13,26-27H,7-9,14-15H2,1-6H3. The van der Waals surface area contributed by atoms with E-state index in [4.69, 9.17) is 0 Å². The van der Waals surface area contributed by atoms with Crippen molar-refractivity contribution in [3.05, 3.63) is 57.6 Å². The second-order valence-corrected chi connectivity index (χ2v) is 8.05. The molecule has 0 aromatic heterocycles. The first-order valence-corrected chi connectivity index (χ1v) is 9.62. The Bertz CT molecular complexity index is 725. The highest BCUT2D eigenvalue weighted by atomic mass is 16.3. The number of hydrogen-bond donors (Lipinski definition) is 2. The number of benzene rings is 2. The number of hydrogen-bond acceptors (Lipinski definition) is 4. The summed E-state index contributed by atoms with van der Waals surface area (Å²) in [6.45, 7) is 11.2. The van der Waals surface area contributed by atoms with E-state index < -0.39 is 0 Å². The predicted octanol–water partition coefficient (Wildman–Crippen LogP) is 4.29. The van der Waals surface area contributed by atoms with E-state index in [2.05, 4.69) is 49.9 Å². The van der Waals surface area contributed by atoms with E-state index in [1.807, 2.05) is 26.0 Å². The number of rotatable bonds is 8. The molecule has 0 radical (unpaired) electrons. The molecule has 27 heavy (non-hydrogen) atoms. The molecule has 0 aliphatic carbocycles. The fourth-order valence-corrected chi connectivity index (χ4v) is 3.64. The lowest BCUT2D eigenvalue weighted by atomic mass is 10.0. The Morgan fingerprint density at radius 1 is 0.704 bits per heavy atom. The first-order chi connectivity index (χ1) is 12.7. The van der Waals surface area contributed by atoms with E-state index in [-0.39, 0.29) is 0 Å². The molecule has 2 N–H and O–H groups in total. The van der Waals surface area contributed by atoms with E-state index in [0.29, 0.717) is 24.6 Å². The van der Waals surface area contributed by atoms with Gasteiger partial charge in [0.2, 0.25) is 0 Å². The summed E-state index contributed by atoms with van der Waals surface area (Å²) in [5, 5.41) is 21.0. The van der Waals surface area contributed by atoms with Gasteiger partial charge in [-0.3, -0.25) is 4.90 Å². The number of phenols is 2. The summed E-state index contributed by atoms with van der Waals surface area (Å²) >= 11 is 0. The second-order valence-electron chi connectivity index (χ2n) is 8.05. The lowest BCUT2D eigenvalue weighted by Gasteiger charge is -2.25. The quantitative estimate of drug-likeness (QED) is 0.728. The van der Waals surface area contributed by atoms with Crippen molar-refractivity contribution >= 4 is 0 Å². The minimum atomic E-state index is 0.378. The van der Waals surface area contributed by atoms with Crippen LogP contribution in [-0.4, -0.2) is 47.2 Å². The summed E-state index contributed by atoms with van der Waals surface area (Å²) in [6, 6.07) is 8.13. The summed E-state index contributed by atoms with van der Waals surface area (Å²) in [7, 11) is 4.16. The maximum atomic E-state index is 10.5. The molecule has 2 aromatic rings. The molecule has 0 amide bonds. The van der Waals surface area contributed by atoms with Gasteiger partial charge in [0, 0.05) is 30.8 Å². The Labute approximate surface area is 164 Å². The Hall–Kier alpha value is -2.04. The van der Waals surface area contributed by atoms with Gasteiger partial charge < -0.3 is 15.1 Å². The summed E-state index contributed by atoms with van der Waals surface area (Å²) < 4.78 is 0. The van der Waals surface area contributed by atoms with Crippen LogP contribution in [0.15, 0.2) is 24.3 Å². The third-order valence-corrected chi connectivity index (χ3v) is 4.92. The first-order valence-electron chi connectivity index (χ1n) is 9.62. The molecule has 0 saturated heterocycles. The van der Waals surface area contributed by atoms with Crippen LogP contribution in [0.5, 0.6) is 11.5 Å². The highest BCUT2D eigenvalue weighted by Crippen LogP contribution is 2.28. The largest absolute Gasteiger partial charge is 0.507 e. The van der Waals surface area contributed by atoms with Crippen molar-refractivity contribution in [3.63, 3.8) is 0 Å². The van der Waals surface area contributed by atoms with Crippen LogP contribution >= 0.6 is 0 Å². The fourth-order valence-electron chi connectivity index (χ4n) is 3.64. The Morgan fingerprint density at radius 3 is 1.56 bits per heavy atom. The van der Waals surface area contributed by atoms with Crippen molar-refractivity contribution in [2.75, 3.05) is 27.2 Å². The van der Waals surface area contributed by atoms with Crippen molar-refractivity contribution in [2.24, 2.45) is 0 Å². The van der Waals surface area contributed by atoms with Gasteiger partial charge in [-0.1, -0.05) is 35.4 Å². The van der Waals surface area contributed by atoms with Crippen LogP contribution in [0.3, 0.4) is 0 Å². The number of nitrogens with zero attached hydrogens (tertiary/aromatic N) is 2. The summed E-state index contributed by atoms with van der Waals surface area (Å²) in [6.07, 6.45) is 1.03. The molecular formula is C23H34N2O2. The summed E-state index contributed by atoms with van der Waals surface area (Å²) in [5.41, 5.74) is 6.02. The first kappa shape index (κ1) is 21.3. The Balaban J connectivity index is 2.26. The van der Waals surface area contributed by atoms with Crippen LogP contribution in [-0.2, 0) is 13.1 Å². The SMILES string of the molecule is Cc1cc(C)c(O)c(CN(CCCN(C)C)Cc2cc(C)cc(C)c2O)c1. The van der Waals surface area contributed by atoms with E-state index in [1.54, 1.807) is 0 Å². The molecule has 148 valence electrons. The lowest BCUT2D eigenvalue weighted by Crippen LogP contribution is -2.27. The second kappa shape index (κ2) is 9.25. The van der Waals surface area contributed by atoms with Gasteiger partial charge in [-0.25, -0.2) is 0 Å². The van der Waals surface area contributed by atoms with Gasteiger partial charge in [-0.2, -0.15) is 0 Å². The van der Waals surface area contributed by atoms with Crippen LogP contribution in [0.4, 0.5) is 0 Å². The molecule has 4 heteroatoms. The van der Waals surface area contributed by atoms with Crippen LogP contribution in [0, 0.1) is 27.7 Å². The predicted molar refractivity (Wildman–Crippen MR) is 112 cm³/mol. The van der Waals surface area contributed by atoms with Gasteiger partial charge in [0.15, 0.2) is 0 Å². The molecule has 2 rings (SSSR count). The lowest BCUT2D eigenvalue weighted by molar-refractivity contribution is 0.234. The molecule has 0 fully saturated rings. The zero-order valence-electron chi connectivity index (χ0n) is 17.6. The van der Waals surface area contributed by atoms with Crippen molar-refractivity contribution in [1.82, 2.24) is 9.80 Å². The minimum absolute atomic E-state index is 0.378. The van der Waals surface area contributed by atoms with Crippen molar-refractivity contribution in [2.45, 2.75) is 47.2 Å². The van der Waals surface area contributed by atoms with Crippen LogP contribution in [0.25, 0.3) is 0 Å². The average molecular weight is 371 g/mol. The van der Waals surface area contributed by atoms with Crippen LogP contribution in [0.2, 0.25) is 0 Å². The topological polar surface area (TPSA) is 46.9 Å². The average Bonchev–Trinajstić information content (AvgIpc) is 2.56. The third-order valence-electron chi connectivity index (χ3n) is 4.92. The van der Waals surface area contributed by atoms with Crippen molar-refractivity contribution in [3.8, 4) is 11.5 Å². The van der Waals surface area contributed by atoms with Gasteiger partial charge in [0.05, 0.1) is 0 Å².